The van der Waals surface area contributed by atoms with Gasteiger partial charge in [0, 0.05) is 18.4 Å². The van der Waals surface area contributed by atoms with Gasteiger partial charge < -0.3 is 14.8 Å². The molecule has 0 aromatic heterocycles. The molecule has 2 rings (SSSR count). The van der Waals surface area contributed by atoms with Gasteiger partial charge in [-0.25, -0.2) is 8.42 Å². The summed E-state index contributed by atoms with van der Waals surface area (Å²) in [5.41, 5.74) is 2.05. The van der Waals surface area contributed by atoms with Crippen LogP contribution < -0.4 is 14.8 Å². The molecule has 0 aliphatic carbocycles. The molecule has 6 nitrogen and oxygen atoms in total. The van der Waals surface area contributed by atoms with Crippen molar-refractivity contribution < 1.29 is 22.7 Å². The highest BCUT2D eigenvalue weighted by atomic mass is 32.2. The first-order valence-corrected chi connectivity index (χ1v) is 10.1. The van der Waals surface area contributed by atoms with E-state index < -0.39 is 9.84 Å². The molecule has 0 saturated carbocycles. The number of hydrogen-bond acceptors (Lipinski definition) is 5. The number of carbonyl (C=O) groups excluding carboxylic acids is 1. The van der Waals surface area contributed by atoms with Gasteiger partial charge in [0.05, 0.1) is 20.0 Å². The fraction of sp³-hybridized carbons (Fsp3) is 0.316. The molecule has 140 valence electrons. The minimum absolute atomic E-state index is 0.0836. The zero-order valence-electron chi connectivity index (χ0n) is 15.1. The van der Waals surface area contributed by atoms with E-state index in [-0.39, 0.29) is 11.7 Å². The zero-order valence-corrected chi connectivity index (χ0v) is 15.9. The van der Waals surface area contributed by atoms with E-state index in [0.29, 0.717) is 35.6 Å². The SMILES string of the molecule is COc1ccc(CCNC(=O)c2cccc(CS(C)(=O)=O)c2)cc1OC. The van der Waals surface area contributed by atoms with Gasteiger partial charge in [0.15, 0.2) is 21.3 Å². The first-order chi connectivity index (χ1) is 12.3. The molecule has 26 heavy (non-hydrogen) atoms. The summed E-state index contributed by atoms with van der Waals surface area (Å²) in [4.78, 5) is 12.3. The number of ether oxygens (including phenoxy) is 2. The molecule has 0 radical (unpaired) electrons. The summed E-state index contributed by atoms with van der Waals surface area (Å²) in [6, 6.07) is 12.3. The summed E-state index contributed by atoms with van der Waals surface area (Å²) in [6.45, 7) is 0.449. The van der Waals surface area contributed by atoms with Crippen molar-refractivity contribution >= 4 is 15.7 Å². The third-order valence-corrected chi connectivity index (χ3v) is 4.62. The summed E-state index contributed by atoms with van der Waals surface area (Å²) in [7, 11) is 0.0165. The molecule has 0 fully saturated rings. The van der Waals surface area contributed by atoms with Gasteiger partial charge >= 0.3 is 0 Å². The standard InChI is InChI=1S/C19H23NO5S/c1-24-17-8-7-14(12-18(17)25-2)9-10-20-19(21)16-6-4-5-15(11-16)13-26(3,22)23/h4-8,11-12H,9-10,13H2,1-3H3,(H,20,21). The molecular weight excluding hydrogens is 354 g/mol. The number of hydrogen-bond donors (Lipinski definition) is 1. The largest absolute Gasteiger partial charge is 0.493 e. The van der Waals surface area contributed by atoms with Gasteiger partial charge in [-0.3, -0.25) is 4.79 Å². The number of amides is 1. The highest BCUT2D eigenvalue weighted by Crippen LogP contribution is 2.27. The lowest BCUT2D eigenvalue weighted by molar-refractivity contribution is 0.0954. The summed E-state index contributed by atoms with van der Waals surface area (Å²) < 4.78 is 33.2. The minimum atomic E-state index is -3.14. The van der Waals surface area contributed by atoms with Gasteiger partial charge in [0.2, 0.25) is 0 Å². The van der Waals surface area contributed by atoms with Gasteiger partial charge in [0.25, 0.3) is 5.91 Å². The molecule has 0 spiro atoms. The molecule has 0 unspecified atom stereocenters. The van der Waals surface area contributed by atoms with Crippen LogP contribution in [0.25, 0.3) is 0 Å². The molecule has 0 heterocycles. The zero-order chi connectivity index (χ0) is 19.2. The summed E-state index contributed by atoms with van der Waals surface area (Å²) in [5.74, 6) is 0.980. The summed E-state index contributed by atoms with van der Waals surface area (Å²) in [6.07, 6.45) is 1.80. The molecule has 2 aromatic carbocycles. The van der Waals surface area contributed by atoms with Gasteiger partial charge in [0.1, 0.15) is 0 Å². The fourth-order valence-electron chi connectivity index (χ4n) is 2.56. The van der Waals surface area contributed by atoms with Crippen LogP contribution in [0.5, 0.6) is 11.5 Å². The monoisotopic (exact) mass is 377 g/mol. The summed E-state index contributed by atoms with van der Waals surface area (Å²) >= 11 is 0. The van der Waals surface area contributed by atoms with E-state index in [1.54, 1.807) is 38.5 Å². The number of rotatable bonds is 8. The Kier molecular flexibility index (Phi) is 6.63. The predicted octanol–water partition coefficient (Wildman–Crippen LogP) is 2.22. The minimum Gasteiger partial charge on any atom is -0.493 e. The van der Waals surface area contributed by atoms with Gasteiger partial charge in [-0.2, -0.15) is 0 Å². The Balaban J connectivity index is 1.96. The molecule has 0 saturated heterocycles. The lowest BCUT2D eigenvalue weighted by atomic mass is 10.1. The molecule has 1 amide bonds. The smallest absolute Gasteiger partial charge is 0.251 e. The highest BCUT2D eigenvalue weighted by molar-refractivity contribution is 7.89. The molecule has 0 aliphatic heterocycles. The molecule has 0 bridgehead atoms. The average Bonchev–Trinajstić information content (AvgIpc) is 2.60. The van der Waals surface area contributed by atoms with Crippen molar-refractivity contribution in [2.24, 2.45) is 0 Å². The van der Waals surface area contributed by atoms with Crippen molar-refractivity contribution in [2.45, 2.75) is 12.2 Å². The van der Waals surface area contributed by atoms with Crippen LogP contribution in [0.15, 0.2) is 42.5 Å². The van der Waals surface area contributed by atoms with Gasteiger partial charge in [-0.05, 0) is 41.8 Å². The second-order valence-corrected chi connectivity index (χ2v) is 8.11. The first-order valence-electron chi connectivity index (χ1n) is 8.08. The Morgan fingerprint density at radius 3 is 2.38 bits per heavy atom. The van der Waals surface area contributed by atoms with Crippen LogP contribution in [0.3, 0.4) is 0 Å². The van der Waals surface area contributed by atoms with Crippen LogP contribution in [0.4, 0.5) is 0 Å². The van der Waals surface area contributed by atoms with Crippen molar-refractivity contribution in [3.63, 3.8) is 0 Å². The van der Waals surface area contributed by atoms with E-state index in [1.165, 1.54) is 6.26 Å². The van der Waals surface area contributed by atoms with Crippen molar-refractivity contribution in [3.05, 3.63) is 59.2 Å². The maximum atomic E-state index is 12.3. The third kappa shape index (κ3) is 5.77. The fourth-order valence-corrected chi connectivity index (χ4v) is 3.35. The van der Waals surface area contributed by atoms with Gasteiger partial charge in [-0.1, -0.05) is 18.2 Å². The Bertz CT molecular complexity index is 877. The number of methoxy groups -OCH3 is 2. The van der Waals surface area contributed by atoms with Crippen LogP contribution in [0.2, 0.25) is 0 Å². The second kappa shape index (κ2) is 8.71. The van der Waals surface area contributed by atoms with E-state index in [2.05, 4.69) is 5.32 Å². The lowest BCUT2D eigenvalue weighted by Gasteiger charge is -2.10. The topological polar surface area (TPSA) is 81.7 Å². The average molecular weight is 377 g/mol. The number of benzene rings is 2. The number of sulfone groups is 1. The van der Waals surface area contributed by atoms with E-state index in [1.807, 2.05) is 18.2 Å². The molecule has 7 heteroatoms. The van der Waals surface area contributed by atoms with Crippen molar-refractivity contribution in [1.82, 2.24) is 5.32 Å². The molecular formula is C19H23NO5S. The predicted molar refractivity (Wildman–Crippen MR) is 101 cm³/mol. The van der Waals surface area contributed by atoms with Crippen LogP contribution in [0.1, 0.15) is 21.5 Å². The Hall–Kier alpha value is -2.54. The molecule has 0 aliphatic rings. The van der Waals surface area contributed by atoms with Crippen molar-refractivity contribution in [1.29, 1.82) is 0 Å². The van der Waals surface area contributed by atoms with E-state index in [4.69, 9.17) is 9.47 Å². The lowest BCUT2D eigenvalue weighted by Crippen LogP contribution is -2.25. The van der Waals surface area contributed by atoms with Crippen LogP contribution in [0, 0.1) is 0 Å². The van der Waals surface area contributed by atoms with Crippen LogP contribution in [-0.4, -0.2) is 41.3 Å². The maximum absolute atomic E-state index is 12.3. The molecule has 2 aromatic rings. The van der Waals surface area contributed by atoms with E-state index in [9.17, 15) is 13.2 Å². The van der Waals surface area contributed by atoms with Crippen molar-refractivity contribution in [3.8, 4) is 11.5 Å². The third-order valence-electron chi connectivity index (χ3n) is 3.77. The number of carbonyl (C=O) groups is 1. The van der Waals surface area contributed by atoms with Crippen LogP contribution in [-0.2, 0) is 22.0 Å². The first kappa shape index (κ1) is 19.8. The van der Waals surface area contributed by atoms with Gasteiger partial charge in [-0.15, -0.1) is 0 Å². The Labute approximate surface area is 154 Å². The molecule has 0 atom stereocenters. The van der Waals surface area contributed by atoms with E-state index in [0.717, 1.165) is 5.56 Å². The quantitative estimate of drug-likeness (QED) is 0.763. The normalized spacial score (nSPS) is 11.0. The molecule has 1 N–H and O–H groups in total. The Morgan fingerprint density at radius 1 is 1.00 bits per heavy atom. The highest BCUT2D eigenvalue weighted by Gasteiger charge is 2.10. The maximum Gasteiger partial charge on any atom is 0.251 e. The van der Waals surface area contributed by atoms with Crippen molar-refractivity contribution in [2.75, 3.05) is 27.0 Å². The summed E-state index contributed by atoms with van der Waals surface area (Å²) in [5, 5.41) is 2.84. The number of nitrogens with one attached hydrogen (secondary N) is 1. The second-order valence-electron chi connectivity index (χ2n) is 5.97. The Morgan fingerprint density at radius 2 is 1.73 bits per heavy atom. The van der Waals surface area contributed by atoms with Crippen LogP contribution >= 0.6 is 0 Å². The van der Waals surface area contributed by atoms with E-state index >= 15 is 0 Å².